The molecule has 1 aliphatic heterocycles. The Kier molecular flexibility index (Phi) is 8.36. The van der Waals surface area contributed by atoms with Gasteiger partial charge in [0.2, 0.25) is 5.91 Å². The van der Waals surface area contributed by atoms with Crippen LogP contribution in [0.3, 0.4) is 0 Å². The minimum Gasteiger partial charge on any atom is -0.493 e. The van der Waals surface area contributed by atoms with E-state index in [0.717, 1.165) is 36.3 Å². The number of rotatable bonds is 9. The van der Waals surface area contributed by atoms with Crippen LogP contribution in [0.4, 0.5) is 0 Å². The number of ether oxygens (including phenoxy) is 3. The smallest absolute Gasteiger partial charge is 0.223 e. The maximum Gasteiger partial charge on any atom is 0.223 e. The first-order valence-electron chi connectivity index (χ1n) is 12.9. The zero-order valence-electron chi connectivity index (χ0n) is 21.0. The predicted molar refractivity (Wildman–Crippen MR) is 135 cm³/mol. The molecule has 1 heterocycles. The largest absolute Gasteiger partial charge is 0.493 e. The first kappa shape index (κ1) is 24.4. The van der Waals surface area contributed by atoms with Gasteiger partial charge in [0, 0.05) is 13.0 Å². The molecule has 0 bridgehead atoms. The molecular formula is C29H39NO4. The molecule has 1 saturated carbocycles. The van der Waals surface area contributed by atoms with Crippen LogP contribution in [-0.4, -0.2) is 38.2 Å². The number of fused-ring (bicyclic) bond motifs is 1. The number of hydrogen-bond acceptors (Lipinski definition) is 4. The first-order chi connectivity index (χ1) is 16.6. The number of hydrogen-bond donors (Lipinski definition) is 0. The van der Waals surface area contributed by atoms with E-state index in [9.17, 15) is 4.79 Å². The van der Waals surface area contributed by atoms with Crippen molar-refractivity contribution in [2.24, 2.45) is 5.92 Å². The molecule has 1 fully saturated rings. The maximum atomic E-state index is 13.4. The summed E-state index contributed by atoms with van der Waals surface area (Å²) < 4.78 is 17.4. The number of methoxy groups -OCH3 is 2. The van der Waals surface area contributed by atoms with Crippen LogP contribution in [0.2, 0.25) is 0 Å². The summed E-state index contributed by atoms with van der Waals surface area (Å²) in [6.45, 7) is 3.27. The summed E-state index contributed by atoms with van der Waals surface area (Å²) in [6.07, 6.45) is 9.94. The van der Waals surface area contributed by atoms with Gasteiger partial charge in [-0.25, -0.2) is 0 Å². The SMILES string of the molecule is CCc1ccc(OCC2c3cc(OC)c(OC)cc3CCN2C(=O)CCC2CCCCC2)cc1. The van der Waals surface area contributed by atoms with E-state index in [1.54, 1.807) is 14.2 Å². The van der Waals surface area contributed by atoms with Crippen LogP contribution in [-0.2, 0) is 17.6 Å². The number of benzene rings is 2. The van der Waals surface area contributed by atoms with Crippen LogP contribution in [0.1, 0.15) is 74.6 Å². The third-order valence-corrected chi connectivity index (χ3v) is 7.55. The van der Waals surface area contributed by atoms with Gasteiger partial charge < -0.3 is 19.1 Å². The van der Waals surface area contributed by atoms with Crippen molar-refractivity contribution in [3.8, 4) is 17.2 Å². The molecule has 5 heteroatoms. The fraction of sp³-hybridized carbons (Fsp3) is 0.552. The van der Waals surface area contributed by atoms with E-state index in [0.29, 0.717) is 31.2 Å². The molecule has 1 amide bonds. The summed E-state index contributed by atoms with van der Waals surface area (Å²) in [5, 5.41) is 0. The molecule has 0 spiro atoms. The minimum absolute atomic E-state index is 0.145. The van der Waals surface area contributed by atoms with E-state index < -0.39 is 0 Å². The van der Waals surface area contributed by atoms with Crippen molar-refractivity contribution in [1.29, 1.82) is 0 Å². The van der Waals surface area contributed by atoms with E-state index in [1.165, 1.54) is 43.2 Å². The Morgan fingerprint density at radius 2 is 1.71 bits per heavy atom. The molecule has 0 saturated heterocycles. The van der Waals surface area contributed by atoms with Crippen LogP contribution >= 0.6 is 0 Å². The van der Waals surface area contributed by atoms with Crippen molar-refractivity contribution in [3.05, 3.63) is 53.1 Å². The molecule has 0 N–H and O–H groups in total. The highest BCUT2D eigenvalue weighted by molar-refractivity contribution is 5.77. The number of nitrogens with zero attached hydrogens (tertiary/aromatic N) is 1. The maximum absolute atomic E-state index is 13.4. The number of amides is 1. The van der Waals surface area contributed by atoms with Gasteiger partial charge in [-0.15, -0.1) is 0 Å². The summed E-state index contributed by atoms with van der Waals surface area (Å²) in [6, 6.07) is 12.2. The van der Waals surface area contributed by atoms with Crippen LogP contribution in [0, 0.1) is 5.92 Å². The average Bonchev–Trinajstić information content (AvgIpc) is 2.90. The van der Waals surface area contributed by atoms with Gasteiger partial charge in [0.05, 0.1) is 20.3 Å². The summed E-state index contributed by atoms with van der Waals surface area (Å²) >= 11 is 0. The average molecular weight is 466 g/mol. The Balaban J connectivity index is 1.54. The Morgan fingerprint density at radius 3 is 2.38 bits per heavy atom. The number of carbonyl (C=O) groups is 1. The van der Waals surface area contributed by atoms with Gasteiger partial charge in [0.25, 0.3) is 0 Å². The van der Waals surface area contributed by atoms with Gasteiger partial charge in [0.1, 0.15) is 12.4 Å². The first-order valence-corrected chi connectivity index (χ1v) is 12.9. The summed E-state index contributed by atoms with van der Waals surface area (Å²) in [5.74, 6) is 3.19. The van der Waals surface area contributed by atoms with Crippen molar-refractivity contribution < 1.29 is 19.0 Å². The Hall–Kier alpha value is -2.69. The van der Waals surface area contributed by atoms with E-state index in [4.69, 9.17) is 14.2 Å². The molecule has 2 aromatic rings. The highest BCUT2D eigenvalue weighted by Crippen LogP contribution is 2.39. The second kappa shape index (κ2) is 11.6. The van der Waals surface area contributed by atoms with Gasteiger partial charge >= 0.3 is 0 Å². The molecule has 184 valence electrons. The second-order valence-electron chi connectivity index (χ2n) is 9.61. The summed E-state index contributed by atoms with van der Waals surface area (Å²) in [5.41, 5.74) is 3.58. The zero-order chi connectivity index (χ0) is 23.9. The van der Waals surface area contributed by atoms with Gasteiger partial charge in [-0.05, 0) is 66.1 Å². The third kappa shape index (κ3) is 5.68. The lowest BCUT2D eigenvalue weighted by molar-refractivity contribution is -0.135. The monoisotopic (exact) mass is 465 g/mol. The van der Waals surface area contributed by atoms with Crippen molar-refractivity contribution in [2.75, 3.05) is 27.4 Å². The van der Waals surface area contributed by atoms with Crippen molar-refractivity contribution in [2.45, 2.75) is 70.8 Å². The Bertz CT molecular complexity index is 949. The molecule has 0 aromatic heterocycles. The lowest BCUT2D eigenvalue weighted by Gasteiger charge is -2.38. The van der Waals surface area contributed by atoms with Crippen molar-refractivity contribution >= 4 is 5.91 Å². The van der Waals surface area contributed by atoms with Gasteiger partial charge in [-0.1, -0.05) is 51.2 Å². The van der Waals surface area contributed by atoms with Gasteiger partial charge in [0.15, 0.2) is 11.5 Å². The Morgan fingerprint density at radius 1 is 1.00 bits per heavy atom. The van der Waals surface area contributed by atoms with E-state index in [1.807, 2.05) is 23.1 Å². The molecular weight excluding hydrogens is 426 g/mol. The lowest BCUT2D eigenvalue weighted by atomic mass is 9.85. The van der Waals surface area contributed by atoms with Gasteiger partial charge in [-0.3, -0.25) is 4.79 Å². The molecule has 1 atom stereocenters. The molecule has 2 aliphatic rings. The normalized spacial score (nSPS) is 18.3. The van der Waals surface area contributed by atoms with Crippen LogP contribution < -0.4 is 14.2 Å². The second-order valence-corrected chi connectivity index (χ2v) is 9.61. The third-order valence-electron chi connectivity index (χ3n) is 7.55. The Labute approximate surface area is 204 Å². The standard InChI is InChI=1S/C29H39NO4/c1-4-21-10-13-24(14-11-21)34-20-26-25-19-28(33-3)27(32-2)18-23(25)16-17-30(26)29(31)15-12-22-8-6-5-7-9-22/h10-11,13-14,18-19,22,26H,4-9,12,15-17,20H2,1-3H3. The molecule has 1 unspecified atom stereocenters. The summed E-state index contributed by atoms with van der Waals surface area (Å²) in [4.78, 5) is 15.5. The lowest BCUT2D eigenvalue weighted by Crippen LogP contribution is -2.42. The van der Waals surface area contributed by atoms with E-state index >= 15 is 0 Å². The fourth-order valence-electron chi connectivity index (χ4n) is 5.45. The number of aryl methyl sites for hydroxylation is 1. The molecule has 5 nitrogen and oxygen atoms in total. The molecule has 1 aliphatic carbocycles. The summed E-state index contributed by atoms with van der Waals surface area (Å²) in [7, 11) is 3.32. The van der Waals surface area contributed by atoms with Crippen LogP contribution in [0.15, 0.2) is 36.4 Å². The molecule has 4 rings (SSSR count). The highest BCUT2D eigenvalue weighted by atomic mass is 16.5. The molecule has 0 radical (unpaired) electrons. The quantitative estimate of drug-likeness (QED) is 0.447. The fourth-order valence-corrected chi connectivity index (χ4v) is 5.45. The van der Waals surface area contributed by atoms with E-state index in [-0.39, 0.29) is 11.9 Å². The van der Waals surface area contributed by atoms with Gasteiger partial charge in [-0.2, -0.15) is 0 Å². The topological polar surface area (TPSA) is 48.0 Å². The highest BCUT2D eigenvalue weighted by Gasteiger charge is 2.33. The van der Waals surface area contributed by atoms with Crippen molar-refractivity contribution in [3.63, 3.8) is 0 Å². The molecule has 34 heavy (non-hydrogen) atoms. The van der Waals surface area contributed by atoms with Crippen molar-refractivity contribution in [1.82, 2.24) is 4.90 Å². The van der Waals surface area contributed by atoms with E-state index in [2.05, 4.69) is 25.1 Å². The van der Waals surface area contributed by atoms with Crippen LogP contribution in [0.25, 0.3) is 0 Å². The predicted octanol–water partition coefficient (Wildman–Crippen LogP) is 6.13. The van der Waals surface area contributed by atoms with Crippen LogP contribution in [0.5, 0.6) is 17.2 Å². The zero-order valence-corrected chi connectivity index (χ0v) is 21.0. The number of carbonyl (C=O) groups excluding carboxylic acids is 1. The molecule has 2 aromatic carbocycles. The minimum atomic E-state index is -0.145.